The van der Waals surface area contributed by atoms with Crippen LogP contribution in [-0.2, 0) is 6.42 Å². The second-order valence-corrected chi connectivity index (χ2v) is 6.78. The summed E-state index contributed by atoms with van der Waals surface area (Å²) in [6.07, 6.45) is 2.92. The smallest absolute Gasteiger partial charge is 0.263 e. The van der Waals surface area contributed by atoms with Crippen molar-refractivity contribution >= 4 is 29.1 Å². The first-order chi connectivity index (χ1) is 12.9. The number of halogens is 2. The highest BCUT2D eigenvalue weighted by atomic mass is 35.5. The van der Waals surface area contributed by atoms with E-state index in [0.717, 1.165) is 0 Å². The molecule has 3 aromatic rings. The zero-order valence-corrected chi connectivity index (χ0v) is 16.1. The number of benzene rings is 1. The molecule has 0 fully saturated rings. The summed E-state index contributed by atoms with van der Waals surface area (Å²) in [4.78, 5) is 33.3. The Morgan fingerprint density at radius 2 is 2.00 bits per heavy atom. The predicted octanol–water partition coefficient (Wildman–Crippen LogP) is 3.49. The summed E-state index contributed by atoms with van der Waals surface area (Å²) in [6, 6.07) is 6.45. The third kappa shape index (κ3) is 4.04. The maximum Gasteiger partial charge on any atom is 0.263 e. The highest BCUT2D eigenvalue weighted by molar-refractivity contribution is 6.36. The summed E-state index contributed by atoms with van der Waals surface area (Å²) in [5.41, 5.74) is 0.634. The van der Waals surface area contributed by atoms with Crippen molar-refractivity contribution in [1.82, 2.24) is 20.0 Å². The van der Waals surface area contributed by atoms with Crippen molar-refractivity contribution in [2.45, 2.75) is 19.4 Å². The number of H-pyrrole nitrogens is 1. The molecule has 140 valence electrons. The first-order valence-electron chi connectivity index (χ1n) is 8.07. The Hall–Kier alpha value is -2.64. The number of nitrogens with zero attached hydrogens (tertiary/aromatic N) is 3. The Kier molecular flexibility index (Phi) is 5.62. The van der Waals surface area contributed by atoms with Crippen molar-refractivity contribution in [3.8, 4) is 0 Å². The van der Waals surface area contributed by atoms with Gasteiger partial charge in [-0.2, -0.15) is 0 Å². The Morgan fingerprint density at radius 3 is 2.59 bits per heavy atom. The fraction of sp³-hybridized carbons (Fsp3) is 0.222. The first kappa shape index (κ1) is 19.1. The molecule has 0 aliphatic carbocycles. The third-order valence-corrected chi connectivity index (χ3v) is 4.98. The van der Waals surface area contributed by atoms with Crippen LogP contribution in [0, 0.1) is 0 Å². The van der Waals surface area contributed by atoms with Crippen molar-refractivity contribution < 1.29 is 9.32 Å². The van der Waals surface area contributed by atoms with Gasteiger partial charge in [-0.1, -0.05) is 34.4 Å². The molecule has 0 aliphatic heterocycles. The quantitative estimate of drug-likeness (QED) is 0.699. The Morgan fingerprint density at radius 1 is 1.30 bits per heavy atom. The lowest BCUT2D eigenvalue weighted by atomic mass is 10.1. The molecule has 3 rings (SSSR count). The predicted molar refractivity (Wildman–Crippen MR) is 101 cm³/mol. The molecule has 2 aromatic heterocycles. The van der Waals surface area contributed by atoms with Gasteiger partial charge in [-0.05, 0) is 24.6 Å². The average Bonchev–Trinajstić information content (AvgIpc) is 3.18. The van der Waals surface area contributed by atoms with E-state index >= 15 is 0 Å². The fourth-order valence-corrected chi connectivity index (χ4v) is 3.08. The number of nitrogens with one attached hydrogen (secondary N) is 1. The van der Waals surface area contributed by atoms with Gasteiger partial charge >= 0.3 is 0 Å². The molecule has 9 heteroatoms. The van der Waals surface area contributed by atoms with Crippen molar-refractivity contribution in [3.63, 3.8) is 0 Å². The van der Waals surface area contributed by atoms with E-state index < -0.39 is 11.5 Å². The van der Waals surface area contributed by atoms with Gasteiger partial charge in [0.2, 0.25) is 0 Å². The fourth-order valence-electron chi connectivity index (χ4n) is 2.54. The minimum Gasteiger partial charge on any atom is -0.364 e. The summed E-state index contributed by atoms with van der Waals surface area (Å²) in [5.74, 6) is -0.111. The van der Waals surface area contributed by atoms with Crippen molar-refractivity contribution in [2.24, 2.45) is 0 Å². The minimum atomic E-state index is -0.535. The van der Waals surface area contributed by atoms with Crippen LogP contribution in [0.2, 0.25) is 10.0 Å². The molecule has 0 saturated carbocycles. The molecule has 0 bridgehead atoms. The lowest BCUT2D eigenvalue weighted by Gasteiger charge is -2.22. The van der Waals surface area contributed by atoms with E-state index in [-0.39, 0.29) is 18.0 Å². The van der Waals surface area contributed by atoms with E-state index in [4.69, 9.17) is 27.7 Å². The van der Waals surface area contributed by atoms with Gasteiger partial charge in [-0.25, -0.2) is 4.98 Å². The standard InChI is InChI=1S/C18H16Cl2N4O3/c1-10(15-6-7-27-23-15)24(2)18(26)12-9-21-16(22-17(12)25)8-11-13(19)4-3-5-14(11)20/h3-7,9-10H,8H2,1-2H3,(H,21,22,25). The Balaban J connectivity index is 1.82. The molecule has 1 atom stereocenters. The second-order valence-electron chi connectivity index (χ2n) is 5.97. The van der Waals surface area contributed by atoms with Gasteiger partial charge in [0, 0.05) is 35.8 Å². The van der Waals surface area contributed by atoms with Crippen molar-refractivity contribution in [3.05, 3.63) is 79.8 Å². The highest BCUT2D eigenvalue weighted by Gasteiger charge is 2.23. The van der Waals surface area contributed by atoms with Crippen LogP contribution in [0.25, 0.3) is 0 Å². The van der Waals surface area contributed by atoms with E-state index in [1.165, 1.54) is 17.4 Å². The maximum atomic E-state index is 12.6. The van der Waals surface area contributed by atoms with E-state index in [1.54, 1.807) is 38.2 Å². The molecule has 2 heterocycles. The molecular formula is C18H16Cl2N4O3. The molecule has 0 saturated heterocycles. The summed E-state index contributed by atoms with van der Waals surface area (Å²) in [7, 11) is 1.58. The highest BCUT2D eigenvalue weighted by Crippen LogP contribution is 2.25. The maximum absolute atomic E-state index is 12.6. The van der Waals surface area contributed by atoms with E-state index in [2.05, 4.69) is 15.1 Å². The number of carbonyl (C=O) groups excluding carboxylic acids is 1. The largest absolute Gasteiger partial charge is 0.364 e. The second kappa shape index (κ2) is 7.94. The number of rotatable bonds is 5. The van der Waals surface area contributed by atoms with Crippen molar-refractivity contribution in [1.29, 1.82) is 0 Å². The molecule has 27 heavy (non-hydrogen) atoms. The molecule has 0 radical (unpaired) electrons. The van der Waals surface area contributed by atoms with Gasteiger partial charge < -0.3 is 14.4 Å². The first-order valence-corrected chi connectivity index (χ1v) is 8.82. The summed E-state index contributed by atoms with van der Waals surface area (Å²) in [5, 5.41) is 4.77. The molecule has 0 aliphatic rings. The molecule has 1 N–H and O–H groups in total. The molecule has 0 spiro atoms. The number of amides is 1. The van der Waals surface area contributed by atoms with Gasteiger partial charge in [-0.3, -0.25) is 9.59 Å². The lowest BCUT2D eigenvalue weighted by Crippen LogP contribution is -2.34. The lowest BCUT2D eigenvalue weighted by molar-refractivity contribution is 0.0735. The van der Waals surface area contributed by atoms with E-state index in [1.807, 2.05) is 0 Å². The third-order valence-electron chi connectivity index (χ3n) is 4.28. The number of aromatic amines is 1. The van der Waals surface area contributed by atoms with Crippen LogP contribution in [0.1, 0.15) is 40.4 Å². The normalized spacial score (nSPS) is 12.0. The molecule has 1 amide bonds. The average molecular weight is 407 g/mol. The number of hydrogen-bond acceptors (Lipinski definition) is 5. The van der Waals surface area contributed by atoms with Crippen LogP contribution < -0.4 is 5.56 Å². The summed E-state index contributed by atoms with van der Waals surface area (Å²) >= 11 is 12.3. The molecule has 7 nitrogen and oxygen atoms in total. The number of hydrogen-bond donors (Lipinski definition) is 1. The van der Waals surface area contributed by atoms with Gasteiger partial charge in [0.1, 0.15) is 23.3 Å². The Labute approximate surface area is 164 Å². The number of aromatic nitrogens is 3. The summed E-state index contributed by atoms with van der Waals surface area (Å²) < 4.78 is 4.80. The van der Waals surface area contributed by atoms with E-state index in [0.29, 0.717) is 27.1 Å². The zero-order chi connectivity index (χ0) is 19.6. The van der Waals surface area contributed by atoms with Crippen LogP contribution in [0.4, 0.5) is 0 Å². The van der Waals surface area contributed by atoms with Gasteiger partial charge in [-0.15, -0.1) is 0 Å². The number of carbonyl (C=O) groups is 1. The molecule has 1 unspecified atom stereocenters. The van der Waals surface area contributed by atoms with Crippen LogP contribution >= 0.6 is 23.2 Å². The zero-order valence-electron chi connectivity index (χ0n) is 14.6. The molecule has 1 aromatic carbocycles. The van der Waals surface area contributed by atoms with Crippen LogP contribution in [0.5, 0.6) is 0 Å². The van der Waals surface area contributed by atoms with Gasteiger partial charge in [0.25, 0.3) is 11.5 Å². The van der Waals surface area contributed by atoms with Crippen LogP contribution in [0.3, 0.4) is 0 Å². The van der Waals surface area contributed by atoms with Gasteiger partial charge in [0.15, 0.2) is 0 Å². The van der Waals surface area contributed by atoms with Crippen molar-refractivity contribution in [2.75, 3.05) is 7.05 Å². The monoisotopic (exact) mass is 406 g/mol. The Bertz CT molecular complexity index is 997. The SMILES string of the molecule is CC(c1ccon1)N(C)C(=O)c1cnc(Cc2c(Cl)cccc2Cl)[nH]c1=O. The van der Waals surface area contributed by atoms with Gasteiger partial charge in [0.05, 0.1) is 6.04 Å². The summed E-state index contributed by atoms with van der Waals surface area (Å²) in [6.45, 7) is 1.78. The minimum absolute atomic E-state index is 0.0677. The van der Waals surface area contributed by atoms with E-state index in [9.17, 15) is 9.59 Å². The van der Waals surface area contributed by atoms with Crippen LogP contribution in [0.15, 0.2) is 46.0 Å². The molecular weight excluding hydrogens is 391 g/mol. The topological polar surface area (TPSA) is 92.1 Å². The van der Waals surface area contributed by atoms with Crippen LogP contribution in [-0.4, -0.2) is 33.0 Å².